The number of rotatable bonds is 4. The number of piperidine rings is 1. The minimum atomic E-state index is -0.387. The Morgan fingerprint density at radius 2 is 2.00 bits per heavy atom. The fraction of sp³-hybridized carbons (Fsp3) is 0.625. The van der Waals surface area contributed by atoms with Gasteiger partial charge in [0.1, 0.15) is 0 Å². The molecule has 1 aliphatic rings. The SMILES string of the molecule is CC(C)(C)N1CCC(NCc2cc([N+](=O)[O-])ccc2Cl)CC1. The van der Waals surface area contributed by atoms with Crippen molar-refractivity contribution in [3.63, 3.8) is 0 Å². The van der Waals surface area contributed by atoms with E-state index in [1.807, 2.05) is 0 Å². The minimum absolute atomic E-state index is 0.0868. The molecule has 1 N–H and O–H groups in total. The number of likely N-dealkylation sites (tertiary alicyclic amines) is 1. The number of halogens is 1. The van der Waals surface area contributed by atoms with Gasteiger partial charge in [-0.2, -0.15) is 0 Å². The van der Waals surface area contributed by atoms with Crippen LogP contribution in [0, 0.1) is 10.1 Å². The molecule has 0 aliphatic carbocycles. The topological polar surface area (TPSA) is 58.4 Å². The van der Waals surface area contributed by atoms with Crippen molar-refractivity contribution in [1.29, 1.82) is 0 Å². The van der Waals surface area contributed by atoms with Gasteiger partial charge in [0, 0.05) is 48.4 Å². The van der Waals surface area contributed by atoms with Crippen molar-refractivity contribution in [1.82, 2.24) is 10.2 Å². The van der Waals surface area contributed by atoms with E-state index >= 15 is 0 Å². The van der Waals surface area contributed by atoms with E-state index in [1.165, 1.54) is 6.07 Å². The van der Waals surface area contributed by atoms with E-state index < -0.39 is 0 Å². The third kappa shape index (κ3) is 4.41. The maximum absolute atomic E-state index is 10.8. The van der Waals surface area contributed by atoms with Crippen LogP contribution in [-0.4, -0.2) is 34.5 Å². The van der Waals surface area contributed by atoms with Gasteiger partial charge >= 0.3 is 0 Å². The van der Waals surface area contributed by atoms with Crippen molar-refractivity contribution < 1.29 is 4.92 Å². The first-order valence-electron chi connectivity index (χ1n) is 7.68. The van der Waals surface area contributed by atoms with E-state index in [1.54, 1.807) is 12.1 Å². The van der Waals surface area contributed by atoms with Gasteiger partial charge in [-0.25, -0.2) is 0 Å². The third-order valence-corrected chi connectivity index (χ3v) is 4.63. The van der Waals surface area contributed by atoms with Crippen LogP contribution in [0.4, 0.5) is 5.69 Å². The van der Waals surface area contributed by atoms with Crippen molar-refractivity contribution in [3.05, 3.63) is 38.9 Å². The van der Waals surface area contributed by atoms with Crippen molar-refractivity contribution in [3.8, 4) is 0 Å². The molecule has 1 aliphatic heterocycles. The van der Waals surface area contributed by atoms with Crippen molar-refractivity contribution in [2.75, 3.05) is 13.1 Å². The Morgan fingerprint density at radius 3 is 2.55 bits per heavy atom. The maximum Gasteiger partial charge on any atom is 0.269 e. The summed E-state index contributed by atoms with van der Waals surface area (Å²) in [6.07, 6.45) is 2.17. The van der Waals surface area contributed by atoms with Crippen LogP contribution in [0.2, 0.25) is 5.02 Å². The molecule has 0 spiro atoms. The fourth-order valence-electron chi connectivity index (χ4n) is 2.82. The predicted octanol–water partition coefficient (Wildman–Crippen LogP) is 3.60. The maximum atomic E-state index is 10.8. The van der Waals surface area contributed by atoms with Crippen LogP contribution >= 0.6 is 11.6 Å². The monoisotopic (exact) mass is 325 g/mol. The summed E-state index contributed by atoms with van der Waals surface area (Å²) in [5, 5.41) is 14.9. The van der Waals surface area contributed by atoms with Gasteiger partial charge < -0.3 is 5.32 Å². The summed E-state index contributed by atoms with van der Waals surface area (Å²) in [6, 6.07) is 5.03. The Bertz CT molecular complexity index is 535. The molecule has 0 atom stereocenters. The average molecular weight is 326 g/mol. The Labute approximate surface area is 136 Å². The van der Waals surface area contributed by atoms with Crippen LogP contribution in [0.25, 0.3) is 0 Å². The largest absolute Gasteiger partial charge is 0.310 e. The second-order valence-corrected chi connectivity index (χ2v) is 7.25. The molecule has 1 saturated heterocycles. The molecule has 5 nitrogen and oxygen atoms in total. The molecule has 122 valence electrons. The highest BCUT2D eigenvalue weighted by Crippen LogP contribution is 2.23. The number of hydrogen-bond donors (Lipinski definition) is 1. The first-order chi connectivity index (χ1) is 10.3. The van der Waals surface area contributed by atoms with E-state index in [-0.39, 0.29) is 16.1 Å². The lowest BCUT2D eigenvalue weighted by Gasteiger charge is -2.41. The Morgan fingerprint density at radius 1 is 1.36 bits per heavy atom. The molecule has 0 aromatic heterocycles. The van der Waals surface area contributed by atoms with Crippen LogP contribution < -0.4 is 5.32 Å². The smallest absolute Gasteiger partial charge is 0.269 e. The number of nitro groups is 1. The molecule has 6 heteroatoms. The van der Waals surface area contributed by atoms with E-state index in [9.17, 15) is 10.1 Å². The highest BCUT2D eigenvalue weighted by molar-refractivity contribution is 6.31. The van der Waals surface area contributed by atoms with Crippen molar-refractivity contribution >= 4 is 17.3 Å². The average Bonchev–Trinajstić information content (AvgIpc) is 2.45. The van der Waals surface area contributed by atoms with E-state index in [0.717, 1.165) is 31.5 Å². The lowest BCUT2D eigenvalue weighted by molar-refractivity contribution is -0.384. The van der Waals surface area contributed by atoms with Crippen LogP contribution in [0.1, 0.15) is 39.2 Å². The van der Waals surface area contributed by atoms with Crippen LogP contribution in [-0.2, 0) is 6.54 Å². The van der Waals surface area contributed by atoms with Gasteiger partial charge in [-0.15, -0.1) is 0 Å². The zero-order chi connectivity index (χ0) is 16.3. The molecule has 1 fully saturated rings. The molecular weight excluding hydrogens is 302 g/mol. The van der Waals surface area contributed by atoms with Gasteiger partial charge in [0.25, 0.3) is 5.69 Å². The zero-order valence-corrected chi connectivity index (χ0v) is 14.2. The first-order valence-corrected chi connectivity index (χ1v) is 8.06. The quantitative estimate of drug-likeness (QED) is 0.678. The van der Waals surface area contributed by atoms with Gasteiger partial charge in [0.2, 0.25) is 0 Å². The van der Waals surface area contributed by atoms with Gasteiger partial charge in [-0.1, -0.05) is 11.6 Å². The molecule has 1 aromatic carbocycles. The van der Waals surface area contributed by atoms with Gasteiger partial charge in [0.15, 0.2) is 0 Å². The summed E-state index contributed by atoms with van der Waals surface area (Å²) < 4.78 is 0. The molecule has 1 heterocycles. The van der Waals surface area contributed by atoms with Gasteiger partial charge in [0.05, 0.1) is 4.92 Å². The normalized spacial score (nSPS) is 17.6. The van der Waals surface area contributed by atoms with Crippen molar-refractivity contribution in [2.24, 2.45) is 0 Å². The molecule has 0 bridgehead atoms. The van der Waals surface area contributed by atoms with Crippen LogP contribution in [0.3, 0.4) is 0 Å². The summed E-state index contributed by atoms with van der Waals surface area (Å²) in [6.45, 7) is 9.44. The predicted molar refractivity (Wildman–Crippen MR) is 89.3 cm³/mol. The number of non-ortho nitro benzene ring substituents is 1. The molecule has 1 aromatic rings. The van der Waals surface area contributed by atoms with Crippen molar-refractivity contribution in [2.45, 2.75) is 51.7 Å². The van der Waals surface area contributed by atoms with E-state index in [0.29, 0.717) is 17.6 Å². The second kappa shape index (κ2) is 6.94. The minimum Gasteiger partial charge on any atom is -0.310 e. The Balaban J connectivity index is 1.89. The number of nitro benzene ring substituents is 1. The number of hydrogen-bond acceptors (Lipinski definition) is 4. The summed E-state index contributed by atoms with van der Waals surface area (Å²) in [5.41, 5.74) is 1.09. The number of nitrogens with zero attached hydrogens (tertiary/aromatic N) is 2. The summed E-state index contributed by atoms with van der Waals surface area (Å²) in [7, 11) is 0. The molecule has 2 rings (SSSR count). The molecule has 0 amide bonds. The highest BCUT2D eigenvalue weighted by Gasteiger charge is 2.26. The molecular formula is C16H24ClN3O2. The number of benzene rings is 1. The highest BCUT2D eigenvalue weighted by atomic mass is 35.5. The fourth-order valence-corrected chi connectivity index (χ4v) is 3.00. The van der Waals surface area contributed by atoms with Gasteiger partial charge in [-0.3, -0.25) is 15.0 Å². The van der Waals surface area contributed by atoms with E-state index in [4.69, 9.17) is 11.6 Å². The Hall–Kier alpha value is -1.17. The Kier molecular flexibility index (Phi) is 5.42. The molecule has 0 saturated carbocycles. The summed E-state index contributed by atoms with van der Waals surface area (Å²) in [4.78, 5) is 12.9. The zero-order valence-electron chi connectivity index (χ0n) is 13.4. The van der Waals surface area contributed by atoms with Gasteiger partial charge in [-0.05, 0) is 45.2 Å². The molecule has 22 heavy (non-hydrogen) atoms. The second-order valence-electron chi connectivity index (χ2n) is 6.85. The lowest BCUT2D eigenvalue weighted by atomic mass is 9.98. The first kappa shape index (κ1) is 17.2. The summed E-state index contributed by atoms with van der Waals surface area (Å²) in [5.74, 6) is 0. The summed E-state index contributed by atoms with van der Waals surface area (Å²) >= 11 is 6.13. The van der Waals surface area contributed by atoms with E-state index in [2.05, 4.69) is 31.0 Å². The standard InChI is InChI=1S/C16H24ClN3O2/c1-16(2,3)19-8-6-13(7-9-19)18-11-12-10-14(20(21)22)4-5-15(12)17/h4-5,10,13,18H,6-9,11H2,1-3H3. The lowest BCUT2D eigenvalue weighted by Crippen LogP contribution is -2.49. The molecule has 0 radical (unpaired) electrons. The van der Waals surface area contributed by atoms with Crippen LogP contribution in [0.5, 0.6) is 0 Å². The number of nitrogens with one attached hydrogen (secondary N) is 1. The molecule has 0 unspecified atom stereocenters. The third-order valence-electron chi connectivity index (χ3n) is 4.26. The van der Waals surface area contributed by atoms with Crippen LogP contribution in [0.15, 0.2) is 18.2 Å².